The van der Waals surface area contributed by atoms with Crippen LogP contribution in [0.3, 0.4) is 0 Å². The Labute approximate surface area is 124 Å². The predicted molar refractivity (Wildman–Crippen MR) is 82.0 cm³/mol. The van der Waals surface area contributed by atoms with Crippen LogP contribution in [0.15, 0.2) is 0 Å². The number of hydrogen-bond donors (Lipinski definition) is 1. The Bertz CT molecular complexity index is 335. The SMILES string of the molecule is CC(C)CCCC(C)NC(=O)C1(C#N)CCCCCC1. The second kappa shape index (κ2) is 8.29. The Morgan fingerprint density at radius 2 is 1.75 bits per heavy atom. The molecule has 3 heteroatoms. The molecule has 3 nitrogen and oxygen atoms in total. The van der Waals surface area contributed by atoms with Crippen LogP contribution in [0, 0.1) is 22.7 Å². The zero-order chi connectivity index (χ0) is 15.0. The average Bonchev–Trinajstić information content (AvgIpc) is 2.64. The van der Waals surface area contributed by atoms with E-state index in [-0.39, 0.29) is 11.9 Å². The highest BCUT2D eigenvalue weighted by Crippen LogP contribution is 2.34. The van der Waals surface area contributed by atoms with Crippen molar-refractivity contribution in [2.24, 2.45) is 11.3 Å². The fourth-order valence-corrected chi connectivity index (χ4v) is 2.99. The largest absolute Gasteiger partial charge is 0.352 e. The molecule has 0 bridgehead atoms. The normalized spacial score (nSPS) is 19.9. The molecule has 1 unspecified atom stereocenters. The zero-order valence-electron chi connectivity index (χ0n) is 13.4. The first kappa shape index (κ1) is 17.0. The average molecular weight is 278 g/mol. The van der Waals surface area contributed by atoms with Crippen molar-refractivity contribution in [2.75, 3.05) is 0 Å². The smallest absolute Gasteiger partial charge is 0.240 e. The minimum atomic E-state index is -0.761. The summed E-state index contributed by atoms with van der Waals surface area (Å²) < 4.78 is 0. The van der Waals surface area contributed by atoms with Crippen LogP contribution >= 0.6 is 0 Å². The van der Waals surface area contributed by atoms with Crippen LogP contribution in [-0.4, -0.2) is 11.9 Å². The van der Waals surface area contributed by atoms with Gasteiger partial charge in [-0.1, -0.05) is 52.4 Å². The van der Waals surface area contributed by atoms with Crippen LogP contribution in [-0.2, 0) is 4.79 Å². The second-order valence-electron chi connectivity index (χ2n) is 6.81. The molecule has 0 spiro atoms. The monoisotopic (exact) mass is 278 g/mol. The summed E-state index contributed by atoms with van der Waals surface area (Å²) in [6.07, 6.45) is 9.11. The molecule has 0 aromatic heterocycles. The van der Waals surface area contributed by atoms with Crippen molar-refractivity contribution >= 4 is 5.91 Å². The molecule has 0 saturated heterocycles. The summed E-state index contributed by atoms with van der Waals surface area (Å²) in [5.74, 6) is 0.684. The molecule has 1 N–H and O–H groups in total. The highest BCUT2D eigenvalue weighted by molar-refractivity contribution is 5.85. The number of rotatable bonds is 6. The van der Waals surface area contributed by atoms with Crippen molar-refractivity contribution < 1.29 is 4.79 Å². The van der Waals surface area contributed by atoms with Crippen molar-refractivity contribution in [3.8, 4) is 6.07 Å². The van der Waals surface area contributed by atoms with Gasteiger partial charge in [0.05, 0.1) is 6.07 Å². The number of carbonyl (C=O) groups is 1. The summed E-state index contributed by atoms with van der Waals surface area (Å²) in [4.78, 5) is 12.5. The predicted octanol–water partition coefficient (Wildman–Crippen LogP) is 4.18. The quantitative estimate of drug-likeness (QED) is 0.741. The molecule has 0 aromatic carbocycles. The Hall–Kier alpha value is -1.04. The van der Waals surface area contributed by atoms with Gasteiger partial charge in [-0.2, -0.15) is 5.26 Å². The van der Waals surface area contributed by atoms with Gasteiger partial charge in [0.25, 0.3) is 0 Å². The van der Waals surface area contributed by atoms with Gasteiger partial charge in [-0.05, 0) is 32.1 Å². The molecule has 0 aromatic rings. The summed E-state index contributed by atoms with van der Waals surface area (Å²) in [6, 6.07) is 2.50. The lowest BCUT2D eigenvalue weighted by atomic mass is 9.80. The topological polar surface area (TPSA) is 52.9 Å². The lowest BCUT2D eigenvalue weighted by Gasteiger charge is -2.26. The molecular weight excluding hydrogens is 248 g/mol. The van der Waals surface area contributed by atoms with Crippen molar-refractivity contribution in [3.63, 3.8) is 0 Å². The van der Waals surface area contributed by atoms with Gasteiger partial charge in [0.2, 0.25) is 5.91 Å². The van der Waals surface area contributed by atoms with Gasteiger partial charge in [-0.15, -0.1) is 0 Å². The molecule has 0 aliphatic heterocycles. The number of carbonyl (C=O) groups excluding carboxylic acids is 1. The highest BCUT2D eigenvalue weighted by Gasteiger charge is 2.39. The second-order valence-corrected chi connectivity index (χ2v) is 6.81. The molecule has 20 heavy (non-hydrogen) atoms. The fraction of sp³-hybridized carbons (Fsp3) is 0.882. The van der Waals surface area contributed by atoms with E-state index in [0.717, 1.165) is 51.4 Å². The number of amides is 1. The van der Waals surface area contributed by atoms with Gasteiger partial charge in [-0.3, -0.25) is 4.79 Å². The summed E-state index contributed by atoms with van der Waals surface area (Å²) in [5, 5.41) is 12.6. The third-order valence-electron chi connectivity index (χ3n) is 4.40. The van der Waals surface area contributed by atoms with Gasteiger partial charge >= 0.3 is 0 Å². The molecule has 1 saturated carbocycles. The van der Waals surface area contributed by atoms with Gasteiger partial charge < -0.3 is 5.32 Å². The number of hydrogen-bond acceptors (Lipinski definition) is 2. The molecule has 0 radical (unpaired) electrons. The van der Waals surface area contributed by atoms with E-state index < -0.39 is 5.41 Å². The standard InChI is InChI=1S/C17H30N2O/c1-14(2)9-8-10-15(3)19-16(20)17(13-18)11-6-4-5-7-12-17/h14-15H,4-12H2,1-3H3,(H,19,20). The van der Waals surface area contributed by atoms with Gasteiger partial charge in [0.15, 0.2) is 0 Å². The van der Waals surface area contributed by atoms with E-state index in [1.807, 2.05) is 0 Å². The molecule has 114 valence electrons. The van der Waals surface area contributed by atoms with E-state index in [2.05, 4.69) is 32.2 Å². The van der Waals surface area contributed by atoms with E-state index in [1.165, 1.54) is 6.42 Å². The van der Waals surface area contributed by atoms with Crippen LogP contribution < -0.4 is 5.32 Å². The van der Waals surface area contributed by atoms with E-state index >= 15 is 0 Å². The fourth-order valence-electron chi connectivity index (χ4n) is 2.99. The van der Waals surface area contributed by atoms with Crippen molar-refractivity contribution in [1.29, 1.82) is 5.26 Å². The highest BCUT2D eigenvalue weighted by atomic mass is 16.2. The van der Waals surface area contributed by atoms with Crippen LogP contribution in [0.5, 0.6) is 0 Å². The number of nitriles is 1. The molecule has 1 aliphatic rings. The summed E-state index contributed by atoms with van der Waals surface area (Å²) in [7, 11) is 0. The van der Waals surface area contributed by atoms with Gasteiger partial charge in [-0.25, -0.2) is 0 Å². The van der Waals surface area contributed by atoms with Crippen LogP contribution in [0.4, 0.5) is 0 Å². The van der Waals surface area contributed by atoms with Crippen LogP contribution in [0.1, 0.15) is 78.6 Å². The first-order valence-corrected chi connectivity index (χ1v) is 8.22. The minimum absolute atomic E-state index is 0.0288. The van der Waals surface area contributed by atoms with Crippen molar-refractivity contribution in [3.05, 3.63) is 0 Å². The molecule has 1 rings (SSSR count). The van der Waals surface area contributed by atoms with Gasteiger partial charge in [0.1, 0.15) is 5.41 Å². The van der Waals surface area contributed by atoms with Crippen molar-refractivity contribution in [1.82, 2.24) is 5.32 Å². The summed E-state index contributed by atoms with van der Waals surface area (Å²) >= 11 is 0. The molecule has 1 atom stereocenters. The van der Waals surface area contributed by atoms with E-state index in [0.29, 0.717) is 5.92 Å². The molecular formula is C17H30N2O. The minimum Gasteiger partial charge on any atom is -0.352 e. The third-order valence-corrected chi connectivity index (χ3v) is 4.40. The molecule has 1 fully saturated rings. The van der Waals surface area contributed by atoms with Crippen LogP contribution in [0.25, 0.3) is 0 Å². The number of nitrogens with one attached hydrogen (secondary N) is 1. The maximum absolute atomic E-state index is 12.5. The Morgan fingerprint density at radius 1 is 1.15 bits per heavy atom. The lowest BCUT2D eigenvalue weighted by Crippen LogP contribution is -2.44. The zero-order valence-corrected chi connectivity index (χ0v) is 13.4. The van der Waals surface area contributed by atoms with Crippen molar-refractivity contribution in [2.45, 2.75) is 84.6 Å². The maximum atomic E-state index is 12.5. The van der Waals surface area contributed by atoms with Gasteiger partial charge in [0, 0.05) is 6.04 Å². The van der Waals surface area contributed by atoms with E-state index in [1.54, 1.807) is 0 Å². The molecule has 1 amide bonds. The molecule has 1 aliphatic carbocycles. The number of nitrogens with zero attached hydrogens (tertiary/aromatic N) is 1. The molecule has 0 heterocycles. The summed E-state index contributed by atoms with van der Waals surface area (Å²) in [5.41, 5.74) is -0.761. The van der Waals surface area contributed by atoms with Crippen LogP contribution in [0.2, 0.25) is 0 Å². The first-order valence-electron chi connectivity index (χ1n) is 8.22. The first-order chi connectivity index (χ1) is 9.50. The Balaban J connectivity index is 2.48. The third kappa shape index (κ3) is 5.15. The maximum Gasteiger partial charge on any atom is 0.240 e. The summed E-state index contributed by atoms with van der Waals surface area (Å²) in [6.45, 7) is 6.50. The Kier molecular flexibility index (Phi) is 7.05. The lowest BCUT2D eigenvalue weighted by molar-refractivity contribution is -0.129. The van der Waals surface area contributed by atoms with E-state index in [9.17, 15) is 10.1 Å². The Morgan fingerprint density at radius 3 is 2.25 bits per heavy atom. The van der Waals surface area contributed by atoms with E-state index in [4.69, 9.17) is 0 Å².